The molecule has 0 spiro atoms. The minimum Gasteiger partial charge on any atom is -0.410 e. The van der Waals surface area contributed by atoms with Crippen LogP contribution in [0.2, 0.25) is 18.1 Å². The van der Waals surface area contributed by atoms with Gasteiger partial charge in [-0.3, -0.25) is 0 Å². The van der Waals surface area contributed by atoms with Gasteiger partial charge in [0.25, 0.3) is 0 Å². The Labute approximate surface area is 186 Å². The van der Waals surface area contributed by atoms with Gasteiger partial charge < -0.3 is 4.43 Å². The van der Waals surface area contributed by atoms with Crippen LogP contribution in [0.15, 0.2) is 47.4 Å². The normalized spacial score (nSPS) is 15.7. The molecule has 0 aliphatic rings. The van der Waals surface area contributed by atoms with Crippen LogP contribution in [0.5, 0.6) is 0 Å². The first kappa shape index (κ1) is 26.3. The van der Waals surface area contributed by atoms with E-state index in [1.807, 2.05) is 11.8 Å². The highest BCUT2D eigenvalue weighted by molar-refractivity contribution is 8.03. The van der Waals surface area contributed by atoms with Gasteiger partial charge in [-0.15, -0.1) is 11.8 Å². The van der Waals surface area contributed by atoms with Crippen molar-refractivity contribution in [3.05, 3.63) is 53.0 Å². The highest BCUT2D eigenvalue weighted by Gasteiger charge is 2.40. The fourth-order valence-corrected chi connectivity index (χ4v) is 5.42. The van der Waals surface area contributed by atoms with E-state index in [9.17, 15) is 0 Å². The van der Waals surface area contributed by atoms with Crippen LogP contribution in [0.4, 0.5) is 0 Å². The second-order valence-electron chi connectivity index (χ2n) is 9.50. The third-order valence-electron chi connectivity index (χ3n) is 6.01. The van der Waals surface area contributed by atoms with E-state index in [-0.39, 0.29) is 11.1 Å². The van der Waals surface area contributed by atoms with E-state index in [1.165, 1.54) is 41.9 Å². The standard InChI is InChI=1S/C26H44OSSi/c1-9-11-12-16-21-28-25(10-2)22(3)24(27-29(7,8)26(4,5)6)20-19-23-17-14-13-15-18-23/h10,13-15,17-20,22,24H,9,11-12,16,21H2,1-8H3/b20-19+,25-10-/t22-,24+/m1/s1. The lowest BCUT2D eigenvalue weighted by atomic mass is 10.0. The van der Waals surface area contributed by atoms with Crippen LogP contribution < -0.4 is 0 Å². The zero-order chi connectivity index (χ0) is 21.9. The molecule has 0 aliphatic carbocycles. The molecule has 0 fully saturated rings. The van der Waals surface area contributed by atoms with E-state index in [1.54, 1.807) is 0 Å². The SMILES string of the molecule is C/C=C(\SCCCCCC)[C@H](C)[C@H](/C=C/c1ccccc1)O[Si](C)(C)C(C)(C)C. The van der Waals surface area contributed by atoms with E-state index in [0.29, 0.717) is 5.92 Å². The molecule has 2 atom stereocenters. The molecule has 29 heavy (non-hydrogen) atoms. The summed E-state index contributed by atoms with van der Waals surface area (Å²) in [7, 11) is -1.86. The predicted octanol–water partition coefficient (Wildman–Crippen LogP) is 8.94. The van der Waals surface area contributed by atoms with Crippen molar-refractivity contribution < 1.29 is 4.43 Å². The maximum Gasteiger partial charge on any atom is 0.192 e. The molecule has 0 unspecified atom stereocenters. The average Bonchev–Trinajstić information content (AvgIpc) is 2.67. The van der Waals surface area contributed by atoms with Crippen molar-refractivity contribution in [3.8, 4) is 0 Å². The first-order valence-corrected chi connectivity index (χ1v) is 15.2. The van der Waals surface area contributed by atoms with Crippen molar-refractivity contribution in [3.63, 3.8) is 0 Å². The van der Waals surface area contributed by atoms with Crippen molar-refractivity contribution in [1.82, 2.24) is 0 Å². The Morgan fingerprint density at radius 3 is 2.31 bits per heavy atom. The van der Waals surface area contributed by atoms with Gasteiger partial charge in [0, 0.05) is 5.92 Å². The molecule has 1 aromatic rings. The highest BCUT2D eigenvalue weighted by atomic mass is 32.2. The largest absolute Gasteiger partial charge is 0.410 e. The third-order valence-corrected chi connectivity index (χ3v) is 11.9. The van der Waals surface area contributed by atoms with E-state index >= 15 is 0 Å². The summed E-state index contributed by atoms with van der Waals surface area (Å²) in [6.45, 7) is 18.5. The van der Waals surface area contributed by atoms with Crippen molar-refractivity contribution in [2.75, 3.05) is 5.75 Å². The molecule has 0 heterocycles. The van der Waals surface area contributed by atoms with Crippen molar-refractivity contribution in [1.29, 1.82) is 0 Å². The molecule has 0 radical (unpaired) electrons. The lowest BCUT2D eigenvalue weighted by molar-refractivity contribution is 0.189. The topological polar surface area (TPSA) is 9.23 Å². The molecule has 0 bridgehead atoms. The van der Waals surface area contributed by atoms with E-state index in [2.05, 4.69) is 103 Å². The summed E-state index contributed by atoms with van der Waals surface area (Å²) in [5.74, 6) is 1.57. The van der Waals surface area contributed by atoms with Crippen LogP contribution in [0.25, 0.3) is 6.08 Å². The molecule has 0 aliphatic heterocycles. The van der Waals surface area contributed by atoms with Gasteiger partial charge in [0.2, 0.25) is 0 Å². The fraction of sp³-hybridized carbons (Fsp3) is 0.615. The first-order chi connectivity index (χ1) is 13.6. The maximum absolute atomic E-state index is 6.91. The number of hydrogen-bond acceptors (Lipinski definition) is 2. The Kier molecular flexibility index (Phi) is 11.6. The first-order valence-electron chi connectivity index (χ1n) is 11.3. The van der Waals surface area contributed by atoms with Gasteiger partial charge in [-0.05, 0) is 47.7 Å². The predicted molar refractivity (Wildman–Crippen MR) is 137 cm³/mol. The molecule has 0 amide bonds. The molecule has 164 valence electrons. The Hall–Kier alpha value is -0.773. The number of rotatable bonds is 12. The Morgan fingerprint density at radius 1 is 1.10 bits per heavy atom. The van der Waals surface area contributed by atoms with E-state index in [0.717, 1.165) is 0 Å². The summed E-state index contributed by atoms with van der Waals surface area (Å²) in [4.78, 5) is 1.46. The average molecular weight is 433 g/mol. The number of hydrogen-bond donors (Lipinski definition) is 0. The van der Waals surface area contributed by atoms with Gasteiger partial charge in [0.1, 0.15) is 0 Å². The molecular weight excluding hydrogens is 388 g/mol. The Balaban J connectivity index is 2.97. The van der Waals surface area contributed by atoms with Gasteiger partial charge in [-0.1, -0.05) is 102 Å². The lowest BCUT2D eigenvalue weighted by Gasteiger charge is -2.40. The van der Waals surface area contributed by atoms with Gasteiger partial charge in [0.15, 0.2) is 8.32 Å². The van der Waals surface area contributed by atoms with Crippen LogP contribution in [0.1, 0.15) is 72.8 Å². The smallest absolute Gasteiger partial charge is 0.192 e. The van der Waals surface area contributed by atoms with Crippen LogP contribution in [0, 0.1) is 5.92 Å². The van der Waals surface area contributed by atoms with Crippen molar-refractivity contribution in [2.24, 2.45) is 5.92 Å². The summed E-state index contributed by atoms with van der Waals surface area (Å²) in [5, 5.41) is 0.203. The fourth-order valence-electron chi connectivity index (χ4n) is 2.95. The van der Waals surface area contributed by atoms with Crippen molar-refractivity contribution >= 4 is 26.2 Å². The highest BCUT2D eigenvalue weighted by Crippen LogP contribution is 2.40. The number of benzene rings is 1. The molecule has 0 saturated carbocycles. The second-order valence-corrected chi connectivity index (χ2v) is 15.4. The minimum absolute atomic E-state index is 0.102. The summed E-state index contributed by atoms with van der Waals surface area (Å²) in [5.41, 5.74) is 1.23. The van der Waals surface area contributed by atoms with Gasteiger partial charge in [0.05, 0.1) is 6.10 Å². The van der Waals surface area contributed by atoms with Gasteiger partial charge >= 0.3 is 0 Å². The molecule has 0 aromatic heterocycles. The number of thioether (sulfide) groups is 1. The number of allylic oxidation sites excluding steroid dienone is 1. The summed E-state index contributed by atoms with van der Waals surface area (Å²) < 4.78 is 6.91. The molecule has 0 N–H and O–H groups in total. The number of unbranched alkanes of at least 4 members (excludes halogenated alkanes) is 3. The van der Waals surface area contributed by atoms with Gasteiger partial charge in [-0.2, -0.15) is 0 Å². The summed E-state index contributed by atoms with van der Waals surface area (Å²) in [6.07, 6.45) is 12.2. The minimum atomic E-state index is -1.86. The monoisotopic (exact) mass is 432 g/mol. The zero-order valence-electron chi connectivity index (χ0n) is 20.1. The van der Waals surface area contributed by atoms with Crippen LogP contribution >= 0.6 is 11.8 Å². The van der Waals surface area contributed by atoms with Crippen LogP contribution in [-0.2, 0) is 4.43 Å². The summed E-state index contributed by atoms with van der Waals surface area (Å²) >= 11 is 2.03. The zero-order valence-corrected chi connectivity index (χ0v) is 21.9. The Morgan fingerprint density at radius 2 is 1.76 bits per heavy atom. The van der Waals surface area contributed by atoms with Crippen molar-refractivity contribution in [2.45, 2.75) is 91.5 Å². The Bertz CT molecular complexity index is 628. The third kappa shape index (κ3) is 9.27. The van der Waals surface area contributed by atoms with E-state index in [4.69, 9.17) is 4.43 Å². The maximum atomic E-state index is 6.91. The van der Waals surface area contributed by atoms with Gasteiger partial charge in [-0.25, -0.2) is 0 Å². The molecule has 1 rings (SSSR count). The quantitative estimate of drug-likeness (QED) is 0.241. The molecule has 1 aromatic carbocycles. The molecular formula is C26H44OSSi. The van der Waals surface area contributed by atoms with E-state index < -0.39 is 8.32 Å². The molecule has 3 heteroatoms. The second kappa shape index (κ2) is 12.8. The lowest BCUT2D eigenvalue weighted by Crippen LogP contribution is -2.45. The molecule has 1 nitrogen and oxygen atoms in total. The molecule has 0 saturated heterocycles. The summed E-state index contributed by atoms with van der Waals surface area (Å²) in [6, 6.07) is 10.6. The van der Waals surface area contributed by atoms with Crippen LogP contribution in [-0.4, -0.2) is 20.2 Å². The van der Waals surface area contributed by atoms with Crippen LogP contribution in [0.3, 0.4) is 0 Å².